The molecule has 1 fully saturated rings. The van der Waals surface area contributed by atoms with Crippen LogP contribution in [0.15, 0.2) is 59.8 Å². The van der Waals surface area contributed by atoms with Crippen LogP contribution in [0.2, 0.25) is 5.02 Å². The molecule has 146 valence electrons. The van der Waals surface area contributed by atoms with E-state index in [1.807, 2.05) is 41.1 Å². The van der Waals surface area contributed by atoms with Crippen LogP contribution >= 0.6 is 23.4 Å². The Labute approximate surface area is 173 Å². The molecule has 1 unspecified atom stereocenters. The molecule has 1 aliphatic rings. The highest BCUT2D eigenvalue weighted by atomic mass is 35.5. The van der Waals surface area contributed by atoms with E-state index in [0.29, 0.717) is 6.54 Å². The number of hydrogen-bond donors (Lipinski definition) is 0. The van der Waals surface area contributed by atoms with Gasteiger partial charge in [0.1, 0.15) is 0 Å². The first kappa shape index (κ1) is 19.4. The number of thioether (sulfide) groups is 1. The highest BCUT2D eigenvalue weighted by Crippen LogP contribution is 2.22. The summed E-state index contributed by atoms with van der Waals surface area (Å²) in [6, 6.07) is 18.2. The Morgan fingerprint density at radius 2 is 1.89 bits per heavy atom. The lowest BCUT2D eigenvalue weighted by Crippen LogP contribution is -2.43. The maximum Gasteiger partial charge on any atom is 0.209 e. The number of tetrazole rings is 1. The molecule has 6 nitrogen and oxygen atoms in total. The summed E-state index contributed by atoms with van der Waals surface area (Å²) in [6.07, 6.45) is 0.142. The zero-order valence-electron chi connectivity index (χ0n) is 15.4. The smallest absolute Gasteiger partial charge is 0.209 e. The van der Waals surface area contributed by atoms with Crippen molar-refractivity contribution >= 4 is 23.4 Å². The normalized spacial score (nSPS) is 17.7. The molecule has 3 aromatic rings. The molecule has 0 saturated carbocycles. The molecule has 1 atom stereocenters. The average molecular weight is 416 g/mol. The van der Waals surface area contributed by atoms with Gasteiger partial charge in [0, 0.05) is 30.4 Å². The van der Waals surface area contributed by atoms with Crippen LogP contribution in [0.3, 0.4) is 0 Å². The second-order valence-electron chi connectivity index (χ2n) is 6.74. The minimum absolute atomic E-state index is 0.142. The minimum atomic E-state index is 0.142. The number of rotatable bonds is 7. The average Bonchev–Trinajstić information content (AvgIpc) is 3.16. The number of ether oxygens (including phenoxy) is 1. The molecular formula is C20H22ClN5OS. The van der Waals surface area contributed by atoms with Gasteiger partial charge in [-0.3, -0.25) is 4.90 Å². The number of morpholine rings is 1. The van der Waals surface area contributed by atoms with Crippen LogP contribution < -0.4 is 0 Å². The maximum atomic E-state index is 6.31. The number of hydrogen-bond acceptors (Lipinski definition) is 6. The van der Waals surface area contributed by atoms with Gasteiger partial charge < -0.3 is 4.74 Å². The second-order valence-corrected chi connectivity index (χ2v) is 8.13. The van der Waals surface area contributed by atoms with E-state index in [1.54, 1.807) is 11.8 Å². The van der Waals surface area contributed by atoms with Gasteiger partial charge in [0.15, 0.2) is 0 Å². The Hall–Kier alpha value is -1.93. The van der Waals surface area contributed by atoms with E-state index in [1.165, 1.54) is 5.56 Å². The predicted octanol–water partition coefficient (Wildman–Crippen LogP) is 3.37. The van der Waals surface area contributed by atoms with Gasteiger partial charge in [-0.15, -0.1) is 5.10 Å². The molecule has 0 spiro atoms. The highest BCUT2D eigenvalue weighted by Gasteiger charge is 2.22. The molecule has 0 bridgehead atoms. The monoisotopic (exact) mass is 415 g/mol. The molecule has 0 radical (unpaired) electrons. The van der Waals surface area contributed by atoms with Crippen molar-refractivity contribution in [1.29, 1.82) is 0 Å². The fourth-order valence-electron chi connectivity index (χ4n) is 3.22. The predicted molar refractivity (Wildman–Crippen MR) is 111 cm³/mol. The highest BCUT2D eigenvalue weighted by molar-refractivity contribution is 7.99. The Morgan fingerprint density at radius 3 is 2.75 bits per heavy atom. The largest absolute Gasteiger partial charge is 0.375 e. The third kappa shape index (κ3) is 5.11. The van der Waals surface area contributed by atoms with Crippen LogP contribution in [0.5, 0.6) is 0 Å². The third-order valence-electron chi connectivity index (χ3n) is 4.65. The van der Waals surface area contributed by atoms with E-state index in [-0.39, 0.29) is 6.10 Å². The summed E-state index contributed by atoms with van der Waals surface area (Å²) in [6.45, 7) is 4.03. The van der Waals surface area contributed by atoms with Crippen molar-refractivity contribution in [1.82, 2.24) is 25.1 Å². The lowest BCUT2D eigenvalue weighted by molar-refractivity contribution is -0.0187. The fourth-order valence-corrected chi connectivity index (χ4v) is 4.29. The topological polar surface area (TPSA) is 56.1 Å². The molecule has 0 aliphatic carbocycles. The van der Waals surface area contributed by atoms with Crippen molar-refractivity contribution in [3.05, 3.63) is 70.7 Å². The third-order valence-corrected chi connectivity index (χ3v) is 6.11. The Bertz CT molecular complexity index is 891. The summed E-state index contributed by atoms with van der Waals surface area (Å²) in [4.78, 5) is 2.39. The van der Waals surface area contributed by atoms with Gasteiger partial charge in [-0.05, 0) is 27.6 Å². The van der Waals surface area contributed by atoms with E-state index in [4.69, 9.17) is 16.3 Å². The van der Waals surface area contributed by atoms with E-state index in [0.717, 1.165) is 47.7 Å². The fraction of sp³-hybridized carbons (Fsp3) is 0.350. The number of nitrogens with zero attached hydrogens (tertiary/aromatic N) is 5. The molecule has 2 aromatic carbocycles. The first-order chi connectivity index (χ1) is 13.8. The second kappa shape index (κ2) is 9.52. The van der Waals surface area contributed by atoms with Gasteiger partial charge in [0.2, 0.25) is 5.16 Å². The number of halogens is 1. The van der Waals surface area contributed by atoms with Crippen molar-refractivity contribution in [2.45, 2.75) is 24.3 Å². The lowest BCUT2D eigenvalue weighted by atomic mass is 10.2. The molecule has 4 rings (SSSR count). The Kier molecular flexibility index (Phi) is 6.59. The van der Waals surface area contributed by atoms with Gasteiger partial charge in [0.05, 0.1) is 19.3 Å². The van der Waals surface area contributed by atoms with Crippen molar-refractivity contribution in [2.75, 3.05) is 25.4 Å². The summed E-state index contributed by atoms with van der Waals surface area (Å²) in [5, 5.41) is 13.8. The van der Waals surface area contributed by atoms with Crippen LogP contribution in [-0.4, -0.2) is 56.7 Å². The van der Waals surface area contributed by atoms with Crippen LogP contribution in [0.25, 0.3) is 0 Å². The molecule has 1 aliphatic heterocycles. The molecule has 1 aromatic heterocycles. The Balaban J connectivity index is 1.32. The zero-order valence-corrected chi connectivity index (χ0v) is 17.0. The standard InChI is InChI=1S/C20H22ClN5OS/c21-19-9-5-4-8-17(19)13-25-10-11-27-18(14-25)15-28-20-22-23-24-26(20)12-16-6-2-1-3-7-16/h1-9,18H,10-15H2. The minimum Gasteiger partial charge on any atom is -0.375 e. The molecule has 28 heavy (non-hydrogen) atoms. The summed E-state index contributed by atoms with van der Waals surface area (Å²) >= 11 is 7.95. The first-order valence-electron chi connectivity index (χ1n) is 9.28. The molecule has 8 heteroatoms. The summed E-state index contributed by atoms with van der Waals surface area (Å²) in [7, 11) is 0. The van der Waals surface area contributed by atoms with Gasteiger partial charge in [-0.1, -0.05) is 71.9 Å². The SMILES string of the molecule is Clc1ccccc1CN1CCOC(CSc2nnnn2Cc2ccccc2)C1. The van der Waals surface area contributed by atoms with E-state index >= 15 is 0 Å². The van der Waals surface area contributed by atoms with E-state index in [9.17, 15) is 0 Å². The number of aromatic nitrogens is 4. The van der Waals surface area contributed by atoms with Crippen molar-refractivity contribution < 1.29 is 4.74 Å². The quantitative estimate of drug-likeness (QED) is 0.551. The Morgan fingerprint density at radius 1 is 1.07 bits per heavy atom. The molecule has 2 heterocycles. The number of benzene rings is 2. The zero-order chi connectivity index (χ0) is 19.2. The summed E-state index contributed by atoms with van der Waals surface area (Å²) < 4.78 is 7.80. The van der Waals surface area contributed by atoms with Crippen molar-refractivity contribution in [2.24, 2.45) is 0 Å². The maximum absolute atomic E-state index is 6.31. The van der Waals surface area contributed by atoms with Crippen LogP contribution in [0, 0.1) is 0 Å². The lowest BCUT2D eigenvalue weighted by Gasteiger charge is -2.32. The van der Waals surface area contributed by atoms with E-state index < -0.39 is 0 Å². The van der Waals surface area contributed by atoms with Crippen LogP contribution in [0.4, 0.5) is 0 Å². The first-order valence-corrected chi connectivity index (χ1v) is 10.6. The van der Waals surface area contributed by atoms with Crippen molar-refractivity contribution in [3.8, 4) is 0 Å². The van der Waals surface area contributed by atoms with Crippen molar-refractivity contribution in [3.63, 3.8) is 0 Å². The molecule has 0 N–H and O–H groups in total. The van der Waals surface area contributed by atoms with Gasteiger partial charge >= 0.3 is 0 Å². The molecule has 1 saturated heterocycles. The summed E-state index contributed by atoms with van der Waals surface area (Å²) in [5.41, 5.74) is 2.33. The van der Waals surface area contributed by atoms with Gasteiger partial charge in [0.25, 0.3) is 0 Å². The van der Waals surface area contributed by atoms with Gasteiger partial charge in [-0.2, -0.15) is 0 Å². The summed E-state index contributed by atoms with van der Waals surface area (Å²) in [5.74, 6) is 0.814. The molecule has 0 amide bonds. The molecular weight excluding hydrogens is 394 g/mol. The van der Waals surface area contributed by atoms with E-state index in [2.05, 4.69) is 38.6 Å². The van der Waals surface area contributed by atoms with Gasteiger partial charge in [-0.25, -0.2) is 4.68 Å². The van der Waals surface area contributed by atoms with Crippen LogP contribution in [-0.2, 0) is 17.8 Å². The van der Waals surface area contributed by atoms with Crippen LogP contribution in [0.1, 0.15) is 11.1 Å².